The van der Waals surface area contributed by atoms with E-state index in [0.29, 0.717) is 12.1 Å². The van der Waals surface area contributed by atoms with Crippen LogP contribution < -0.4 is 5.32 Å². The SMILES string of the molecule is CCCN1CCCC(NC2CCCCCC2O)CC1. The molecule has 3 heteroatoms. The number of nitrogens with one attached hydrogen (secondary N) is 1. The van der Waals surface area contributed by atoms with E-state index in [0.717, 1.165) is 12.8 Å². The van der Waals surface area contributed by atoms with E-state index >= 15 is 0 Å². The maximum atomic E-state index is 10.2. The van der Waals surface area contributed by atoms with Crippen LogP contribution in [0.5, 0.6) is 0 Å². The van der Waals surface area contributed by atoms with Gasteiger partial charge in [-0.05, 0) is 58.2 Å². The van der Waals surface area contributed by atoms with Gasteiger partial charge in [-0.25, -0.2) is 0 Å². The molecule has 0 amide bonds. The molecule has 0 aromatic heterocycles. The first-order valence-corrected chi connectivity index (χ1v) is 8.46. The summed E-state index contributed by atoms with van der Waals surface area (Å²) in [6.45, 7) is 6.01. The van der Waals surface area contributed by atoms with Gasteiger partial charge in [0, 0.05) is 12.1 Å². The summed E-state index contributed by atoms with van der Waals surface area (Å²) in [7, 11) is 0. The molecule has 1 heterocycles. The lowest BCUT2D eigenvalue weighted by Gasteiger charge is -2.27. The fraction of sp³-hybridized carbons (Fsp3) is 1.00. The third-order valence-corrected chi connectivity index (χ3v) is 4.79. The summed E-state index contributed by atoms with van der Waals surface area (Å²) < 4.78 is 0. The predicted molar refractivity (Wildman–Crippen MR) is 80.4 cm³/mol. The fourth-order valence-corrected chi connectivity index (χ4v) is 3.65. The molecule has 3 unspecified atom stereocenters. The molecule has 112 valence electrons. The van der Waals surface area contributed by atoms with Gasteiger partial charge in [-0.3, -0.25) is 0 Å². The van der Waals surface area contributed by atoms with E-state index in [1.165, 1.54) is 64.6 Å². The standard InChI is InChI=1S/C16H32N2O/c1-2-11-18-12-6-7-14(10-13-18)17-15-8-4-3-5-9-16(15)19/h14-17,19H,2-13H2,1H3. The van der Waals surface area contributed by atoms with Crippen LogP contribution >= 0.6 is 0 Å². The van der Waals surface area contributed by atoms with Gasteiger partial charge in [-0.15, -0.1) is 0 Å². The Morgan fingerprint density at radius 2 is 1.84 bits per heavy atom. The predicted octanol–water partition coefficient (Wildman–Crippen LogP) is 2.53. The van der Waals surface area contributed by atoms with Crippen LogP contribution in [-0.2, 0) is 0 Å². The van der Waals surface area contributed by atoms with Crippen molar-refractivity contribution in [2.24, 2.45) is 0 Å². The molecule has 2 N–H and O–H groups in total. The number of likely N-dealkylation sites (tertiary alicyclic amines) is 1. The van der Waals surface area contributed by atoms with Crippen LogP contribution in [-0.4, -0.2) is 47.8 Å². The Morgan fingerprint density at radius 3 is 2.68 bits per heavy atom. The summed E-state index contributed by atoms with van der Waals surface area (Å²) in [5.74, 6) is 0. The van der Waals surface area contributed by atoms with Crippen LogP contribution in [0.25, 0.3) is 0 Å². The van der Waals surface area contributed by atoms with Crippen molar-refractivity contribution < 1.29 is 5.11 Å². The highest BCUT2D eigenvalue weighted by atomic mass is 16.3. The highest BCUT2D eigenvalue weighted by molar-refractivity contribution is 4.84. The molecular formula is C16H32N2O. The first-order valence-electron chi connectivity index (χ1n) is 8.46. The lowest BCUT2D eigenvalue weighted by atomic mass is 10.0. The van der Waals surface area contributed by atoms with Crippen molar-refractivity contribution >= 4 is 0 Å². The third-order valence-electron chi connectivity index (χ3n) is 4.79. The minimum absolute atomic E-state index is 0.113. The Kier molecular flexibility index (Phi) is 6.62. The maximum Gasteiger partial charge on any atom is 0.0693 e. The minimum Gasteiger partial charge on any atom is -0.392 e. The Bertz CT molecular complexity index is 247. The zero-order valence-electron chi connectivity index (χ0n) is 12.6. The molecule has 0 aromatic rings. The minimum atomic E-state index is -0.113. The number of aliphatic hydroxyl groups is 1. The van der Waals surface area contributed by atoms with E-state index in [4.69, 9.17) is 0 Å². The highest BCUT2D eigenvalue weighted by Gasteiger charge is 2.25. The van der Waals surface area contributed by atoms with E-state index in [1.54, 1.807) is 0 Å². The molecule has 0 bridgehead atoms. The summed E-state index contributed by atoms with van der Waals surface area (Å²) in [5.41, 5.74) is 0. The molecule has 2 rings (SSSR count). The van der Waals surface area contributed by atoms with Gasteiger partial charge in [0.15, 0.2) is 0 Å². The van der Waals surface area contributed by atoms with Crippen molar-refractivity contribution in [3.63, 3.8) is 0 Å². The molecule has 3 nitrogen and oxygen atoms in total. The number of hydrogen-bond donors (Lipinski definition) is 2. The van der Waals surface area contributed by atoms with Gasteiger partial charge in [0.25, 0.3) is 0 Å². The summed E-state index contributed by atoms with van der Waals surface area (Å²) in [6, 6.07) is 0.977. The fourth-order valence-electron chi connectivity index (χ4n) is 3.65. The summed E-state index contributed by atoms with van der Waals surface area (Å²) >= 11 is 0. The molecule has 1 aliphatic heterocycles. The molecule has 1 aliphatic carbocycles. The molecule has 3 atom stereocenters. The molecular weight excluding hydrogens is 236 g/mol. The Hall–Kier alpha value is -0.120. The second-order valence-electron chi connectivity index (χ2n) is 6.45. The summed E-state index contributed by atoms with van der Waals surface area (Å²) in [5, 5.41) is 14.0. The van der Waals surface area contributed by atoms with Crippen LogP contribution in [0, 0.1) is 0 Å². The average Bonchev–Trinajstić information content (AvgIpc) is 2.73. The van der Waals surface area contributed by atoms with Crippen LogP contribution in [0.3, 0.4) is 0 Å². The van der Waals surface area contributed by atoms with Crippen molar-refractivity contribution in [2.75, 3.05) is 19.6 Å². The van der Waals surface area contributed by atoms with Crippen LogP contribution in [0.15, 0.2) is 0 Å². The van der Waals surface area contributed by atoms with E-state index in [9.17, 15) is 5.11 Å². The van der Waals surface area contributed by atoms with Gasteiger partial charge in [0.2, 0.25) is 0 Å². The average molecular weight is 268 g/mol. The van der Waals surface area contributed by atoms with Gasteiger partial charge < -0.3 is 15.3 Å². The van der Waals surface area contributed by atoms with E-state index in [1.807, 2.05) is 0 Å². The Balaban J connectivity index is 1.78. The first-order chi connectivity index (χ1) is 9.29. The Labute approximate surface area is 118 Å². The molecule has 0 radical (unpaired) electrons. The van der Waals surface area contributed by atoms with Crippen molar-refractivity contribution in [2.45, 2.75) is 82.9 Å². The van der Waals surface area contributed by atoms with E-state index in [-0.39, 0.29) is 6.10 Å². The quantitative estimate of drug-likeness (QED) is 0.769. The number of rotatable bonds is 4. The summed E-state index contributed by atoms with van der Waals surface area (Å²) in [6.07, 6.45) is 10.9. The van der Waals surface area contributed by atoms with Gasteiger partial charge in [0.05, 0.1) is 6.10 Å². The van der Waals surface area contributed by atoms with Crippen LogP contribution in [0.1, 0.15) is 64.7 Å². The lowest BCUT2D eigenvalue weighted by molar-refractivity contribution is 0.112. The summed E-state index contributed by atoms with van der Waals surface area (Å²) in [4.78, 5) is 2.60. The van der Waals surface area contributed by atoms with Gasteiger partial charge >= 0.3 is 0 Å². The largest absolute Gasteiger partial charge is 0.392 e. The van der Waals surface area contributed by atoms with Crippen LogP contribution in [0.4, 0.5) is 0 Å². The maximum absolute atomic E-state index is 10.2. The van der Waals surface area contributed by atoms with E-state index < -0.39 is 0 Å². The highest BCUT2D eigenvalue weighted by Crippen LogP contribution is 2.20. The second-order valence-corrected chi connectivity index (χ2v) is 6.45. The molecule has 1 saturated carbocycles. The number of nitrogens with zero attached hydrogens (tertiary/aromatic N) is 1. The molecule has 0 spiro atoms. The van der Waals surface area contributed by atoms with Crippen molar-refractivity contribution in [1.82, 2.24) is 10.2 Å². The molecule has 2 fully saturated rings. The Morgan fingerprint density at radius 1 is 1.00 bits per heavy atom. The molecule has 1 saturated heterocycles. The van der Waals surface area contributed by atoms with Gasteiger partial charge in [-0.2, -0.15) is 0 Å². The molecule has 19 heavy (non-hydrogen) atoms. The lowest BCUT2D eigenvalue weighted by Crippen LogP contribution is -2.45. The van der Waals surface area contributed by atoms with Gasteiger partial charge in [0.1, 0.15) is 0 Å². The molecule has 0 aromatic carbocycles. The van der Waals surface area contributed by atoms with Crippen LogP contribution in [0.2, 0.25) is 0 Å². The van der Waals surface area contributed by atoms with Crippen molar-refractivity contribution in [1.29, 1.82) is 0 Å². The van der Waals surface area contributed by atoms with Crippen molar-refractivity contribution in [3.05, 3.63) is 0 Å². The van der Waals surface area contributed by atoms with E-state index in [2.05, 4.69) is 17.1 Å². The normalized spacial score (nSPS) is 34.7. The first kappa shape index (κ1) is 15.3. The zero-order chi connectivity index (χ0) is 13.5. The van der Waals surface area contributed by atoms with Gasteiger partial charge in [-0.1, -0.05) is 26.2 Å². The number of hydrogen-bond acceptors (Lipinski definition) is 3. The zero-order valence-corrected chi connectivity index (χ0v) is 12.6. The topological polar surface area (TPSA) is 35.5 Å². The third kappa shape index (κ3) is 5.05. The smallest absolute Gasteiger partial charge is 0.0693 e. The molecule has 2 aliphatic rings. The van der Waals surface area contributed by atoms with Crippen molar-refractivity contribution in [3.8, 4) is 0 Å². The monoisotopic (exact) mass is 268 g/mol. The second kappa shape index (κ2) is 8.23. The number of aliphatic hydroxyl groups excluding tert-OH is 1.